The van der Waals surface area contributed by atoms with Gasteiger partial charge in [0.25, 0.3) is 11.8 Å². The van der Waals surface area contributed by atoms with Gasteiger partial charge >= 0.3 is 0 Å². The fourth-order valence-corrected chi connectivity index (χ4v) is 2.51. The summed E-state index contributed by atoms with van der Waals surface area (Å²) in [5.41, 5.74) is 1.71. The number of likely N-dealkylation sites (N-methyl/N-ethyl adjacent to an activating group) is 1. The van der Waals surface area contributed by atoms with Crippen LogP contribution in [0.3, 0.4) is 0 Å². The molecule has 0 unspecified atom stereocenters. The molecule has 3 heterocycles. The Morgan fingerprint density at radius 2 is 1.96 bits per heavy atom. The predicted molar refractivity (Wildman–Crippen MR) is 99.0 cm³/mol. The van der Waals surface area contributed by atoms with Crippen LogP contribution in [0.1, 0.15) is 32.2 Å². The summed E-state index contributed by atoms with van der Waals surface area (Å²) in [6.07, 6.45) is 7.18. The van der Waals surface area contributed by atoms with Gasteiger partial charge in [0.1, 0.15) is 11.5 Å². The van der Waals surface area contributed by atoms with Gasteiger partial charge < -0.3 is 14.6 Å². The maximum absolute atomic E-state index is 12.6. The van der Waals surface area contributed by atoms with Crippen LogP contribution >= 0.6 is 0 Å². The molecular weight excluding hydrogens is 344 g/mol. The Labute approximate surface area is 157 Å². The van der Waals surface area contributed by atoms with Gasteiger partial charge in [0.15, 0.2) is 0 Å². The van der Waals surface area contributed by atoms with Crippen molar-refractivity contribution in [2.45, 2.75) is 13.0 Å². The van der Waals surface area contributed by atoms with E-state index in [1.165, 1.54) is 12.3 Å². The molecule has 7 nitrogen and oxygen atoms in total. The molecule has 7 heteroatoms. The average Bonchev–Trinajstić information content (AvgIpc) is 3.24. The van der Waals surface area contributed by atoms with Gasteiger partial charge in [-0.05, 0) is 48.4 Å². The van der Waals surface area contributed by atoms with Gasteiger partial charge in [-0.1, -0.05) is 0 Å². The molecule has 0 atom stereocenters. The number of furan rings is 1. The first-order valence-electron chi connectivity index (χ1n) is 8.54. The van der Waals surface area contributed by atoms with Gasteiger partial charge in [-0.3, -0.25) is 19.6 Å². The van der Waals surface area contributed by atoms with Crippen molar-refractivity contribution in [3.05, 3.63) is 83.8 Å². The van der Waals surface area contributed by atoms with E-state index in [9.17, 15) is 9.59 Å². The minimum absolute atomic E-state index is 0.232. The maximum atomic E-state index is 12.6. The summed E-state index contributed by atoms with van der Waals surface area (Å²) in [5, 5.41) is 2.75. The van der Waals surface area contributed by atoms with Crippen molar-refractivity contribution < 1.29 is 14.0 Å². The smallest absolute Gasteiger partial charge is 0.272 e. The highest BCUT2D eigenvalue weighted by Crippen LogP contribution is 2.07. The first kappa shape index (κ1) is 18.3. The molecule has 0 bridgehead atoms. The van der Waals surface area contributed by atoms with E-state index in [2.05, 4.69) is 15.3 Å². The van der Waals surface area contributed by atoms with Gasteiger partial charge in [0, 0.05) is 37.7 Å². The molecule has 0 aliphatic rings. The van der Waals surface area contributed by atoms with E-state index in [4.69, 9.17) is 4.42 Å². The summed E-state index contributed by atoms with van der Waals surface area (Å²) in [5.74, 6) is 0.136. The lowest BCUT2D eigenvalue weighted by atomic mass is 10.1. The number of pyridine rings is 2. The van der Waals surface area contributed by atoms with E-state index in [-0.39, 0.29) is 24.1 Å². The van der Waals surface area contributed by atoms with Gasteiger partial charge in [-0.25, -0.2) is 0 Å². The van der Waals surface area contributed by atoms with Crippen LogP contribution in [-0.2, 0) is 13.0 Å². The van der Waals surface area contributed by atoms with Gasteiger partial charge in [0.05, 0.1) is 12.8 Å². The van der Waals surface area contributed by atoms with Gasteiger partial charge in [-0.2, -0.15) is 0 Å². The molecule has 0 saturated heterocycles. The molecule has 0 aliphatic heterocycles. The van der Waals surface area contributed by atoms with Crippen LogP contribution < -0.4 is 5.32 Å². The SMILES string of the molecule is CN(CCc1ccncc1)C(=O)c1cc(C(=O)NCc2ccco2)ccn1. The lowest BCUT2D eigenvalue weighted by molar-refractivity contribution is 0.0791. The fraction of sp³-hybridized carbons (Fsp3) is 0.200. The van der Waals surface area contributed by atoms with Crippen molar-refractivity contribution in [3.63, 3.8) is 0 Å². The largest absolute Gasteiger partial charge is 0.467 e. The summed E-state index contributed by atoms with van der Waals surface area (Å²) >= 11 is 0. The Morgan fingerprint density at radius 3 is 2.70 bits per heavy atom. The Hall–Kier alpha value is -3.48. The number of nitrogens with one attached hydrogen (secondary N) is 1. The lowest BCUT2D eigenvalue weighted by Crippen LogP contribution is -2.30. The Bertz CT molecular complexity index is 895. The molecule has 3 aromatic heterocycles. The monoisotopic (exact) mass is 364 g/mol. The van der Waals surface area contributed by atoms with Crippen LogP contribution in [-0.4, -0.2) is 40.3 Å². The van der Waals surface area contributed by atoms with E-state index < -0.39 is 0 Å². The molecule has 138 valence electrons. The second-order valence-electron chi connectivity index (χ2n) is 6.02. The van der Waals surface area contributed by atoms with E-state index in [1.54, 1.807) is 48.8 Å². The number of carbonyl (C=O) groups excluding carboxylic acids is 2. The first-order valence-corrected chi connectivity index (χ1v) is 8.54. The third-order valence-electron chi connectivity index (χ3n) is 4.08. The van der Waals surface area contributed by atoms with E-state index >= 15 is 0 Å². The Balaban J connectivity index is 1.59. The van der Waals surface area contributed by atoms with E-state index in [1.807, 2.05) is 12.1 Å². The predicted octanol–water partition coefficient (Wildman–Crippen LogP) is 2.31. The van der Waals surface area contributed by atoms with Crippen molar-refractivity contribution in [1.29, 1.82) is 0 Å². The molecule has 0 saturated carbocycles. The standard InChI is InChI=1S/C20H20N4O3/c1-24(11-7-15-4-8-21-9-5-15)20(26)18-13-16(6-10-22-18)19(25)23-14-17-3-2-12-27-17/h2-6,8-10,12-13H,7,11,14H2,1H3,(H,23,25). The second-order valence-corrected chi connectivity index (χ2v) is 6.02. The van der Waals surface area contributed by atoms with Crippen LogP contribution in [0.15, 0.2) is 65.7 Å². The molecule has 0 fully saturated rings. The maximum Gasteiger partial charge on any atom is 0.272 e. The summed E-state index contributed by atoms with van der Waals surface area (Å²) in [6.45, 7) is 0.822. The highest BCUT2D eigenvalue weighted by Gasteiger charge is 2.15. The molecule has 27 heavy (non-hydrogen) atoms. The highest BCUT2D eigenvalue weighted by molar-refractivity contribution is 5.98. The summed E-state index contributed by atoms with van der Waals surface area (Å²) in [4.78, 5) is 34.6. The number of amides is 2. The molecule has 0 aromatic carbocycles. The number of aromatic nitrogens is 2. The number of carbonyl (C=O) groups is 2. The van der Waals surface area contributed by atoms with Gasteiger partial charge in [-0.15, -0.1) is 0 Å². The lowest BCUT2D eigenvalue weighted by Gasteiger charge is -2.17. The minimum Gasteiger partial charge on any atom is -0.467 e. The third-order valence-corrected chi connectivity index (χ3v) is 4.08. The molecule has 3 aromatic rings. The first-order chi connectivity index (χ1) is 13.1. The van der Waals surface area contributed by atoms with Crippen LogP contribution in [0, 0.1) is 0 Å². The van der Waals surface area contributed by atoms with E-state index in [0.717, 1.165) is 5.56 Å². The van der Waals surface area contributed by atoms with Crippen LogP contribution in [0.4, 0.5) is 0 Å². The topological polar surface area (TPSA) is 88.3 Å². The third kappa shape index (κ3) is 5.01. The van der Waals surface area contributed by atoms with Crippen LogP contribution in [0.2, 0.25) is 0 Å². The van der Waals surface area contributed by atoms with Crippen LogP contribution in [0.5, 0.6) is 0 Å². The van der Waals surface area contributed by atoms with Crippen molar-refractivity contribution >= 4 is 11.8 Å². The van der Waals surface area contributed by atoms with Crippen molar-refractivity contribution in [2.24, 2.45) is 0 Å². The normalized spacial score (nSPS) is 10.4. The fourth-order valence-electron chi connectivity index (χ4n) is 2.51. The number of nitrogens with zero attached hydrogens (tertiary/aromatic N) is 3. The molecule has 0 spiro atoms. The molecule has 2 amide bonds. The van der Waals surface area contributed by atoms with E-state index in [0.29, 0.717) is 24.3 Å². The van der Waals surface area contributed by atoms with Crippen molar-refractivity contribution in [1.82, 2.24) is 20.2 Å². The number of rotatable bonds is 7. The average molecular weight is 364 g/mol. The molecule has 0 radical (unpaired) electrons. The van der Waals surface area contributed by atoms with Crippen molar-refractivity contribution in [2.75, 3.05) is 13.6 Å². The Kier molecular flexibility index (Phi) is 5.94. The Morgan fingerprint density at radius 1 is 1.15 bits per heavy atom. The summed E-state index contributed by atoms with van der Waals surface area (Å²) in [7, 11) is 1.72. The molecule has 3 rings (SSSR count). The minimum atomic E-state index is -0.290. The zero-order chi connectivity index (χ0) is 19.1. The summed E-state index contributed by atoms with van der Waals surface area (Å²) < 4.78 is 5.18. The molecule has 1 N–H and O–H groups in total. The number of hydrogen-bond donors (Lipinski definition) is 1. The molecular formula is C20H20N4O3. The van der Waals surface area contributed by atoms with Crippen LogP contribution in [0.25, 0.3) is 0 Å². The van der Waals surface area contributed by atoms with Gasteiger partial charge in [0.2, 0.25) is 0 Å². The quantitative estimate of drug-likeness (QED) is 0.695. The second kappa shape index (κ2) is 8.75. The summed E-state index contributed by atoms with van der Waals surface area (Å²) in [6, 6.07) is 10.4. The zero-order valence-corrected chi connectivity index (χ0v) is 15.0. The molecule has 0 aliphatic carbocycles. The zero-order valence-electron chi connectivity index (χ0n) is 15.0. The highest BCUT2D eigenvalue weighted by atomic mass is 16.3. The van der Waals surface area contributed by atoms with Crippen molar-refractivity contribution in [3.8, 4) is 0 Å². The number of hydrogen-bond acceptors (Lipinski definition) is 5.